The molecule has 3 rings (SSSR count). The molecule has 2 aromatic rings. The zero-order chi connectivity index (χ0) is 14.2. The molecule has 20 heavy (non-hydrogen) atoms. The highest BCUT2D eigenvalue weighted by atomic mass is 19.3. The summed E-state index contributed by atoms with van der Waals surface area (Å²) in [4.78, 5) is 0. The Kier molecular flexibility index (Phi) is 3.25. The lowest BCUT2D eigenvalue weighted by Crippen LogP contribution is -2.30. The third-order valence-electron chi connectivity index (χ3n) is 3.70. The Morgan fingerprint density at radius 3 is 2.75 bits per heavy atom. The Bertz CT molecular complexity index is 582. The van der Waals surface area contributed by atoms with Gasteiger partial charge in [-0.05, 0) is 19.1 Å². The van der Waals surface area contributed by atoms with E-state index in [-0.39, 0.29) is 12.5 Å². The predicted molar refractivity (Wildman–Crippen MR) is 70.7 cm³/mol. The van der Waals surface area contributed by atoms with Gasteiger partial charge >= 0.3 is 0 Å². The Morgan fingerprint density at radius 2 is 2.10 bits per heavy atom. The van der Waals surface area contributed by atoms with Crippen LogP contribution in [0.3, 0.4) is 0 Å². The van der Waals surface area contributed by atoms with E-state index in [1.165, 1.54) is 0 Å². The molecule has 1 saturated carbocycles. The summed E-state index contributed by atoms with van der Waals surface area (Å²) in [5.74, 6) is -3.05. The summed E-state index contributed by atoms with van der Waals surface area (Å²) in [5.41, 5.74) is 1.76. The number of nitrogens with one attached hydrogen (secondary N) is 1. The van der Waals surface area contributed by atoms with Gasteiger partial charge in [-0.3, -0.25) is 0 Å². The average Bonchev–Trinajstić information content (AvgIpc) is 2.89. The van der Waals surface area contributed by atoms with Crippen LogP contribution in [0, 0.1) is 5.92 Å². The molecule has 2 unspecified atom stereocenters. The van der Waals surface area contributed by atoms with E-state index in [1.54, 1.807) is 17.8 Å². The topological polar surface area (TPSA) is 42.7 Å². The van der Waals surface area contributed by atoms with Gasteiger partial charge in [0.1, 0.15) is 0 Å². The first kappa shape index (κ1) is 13.2. The summed E-state index contributed by atoms with van der Waals surface area (Å²) < 4.78 is 27.7. The molecule has 0 amide bonds. The van der Waals surface area contributed by atoms with Crippen molar-refractivity contribution in [2.75, 3.05) is 0 Å². The first-order chi connectivity index (χ1) is 9.58. The monoisotopic (exact) mass is 278 g/mol. The van der Waals surface area contributed by atoms with Gasteiger partial charge in [0, 0.05) is 24.9 Å². The number of para-hydroxylation sites is 1. The maximum Gasteiger partial charge on any atom is 0.253 e. The summed E-state index contributed by atoms with van der Waals surface area (Å²) in [6.45, 7) is 2.26. The van der Waals surface area contributed by atoms with Gasteiger partial charge < -0.3 is 5.32 Å². The smallest absolute Gasteiger partial charge is 0.253 e. The summed E-state index contributed by atoms with van der Waals surface area (Å²) in [7, 11) is 0. The summed E-state index contributed by atoms with van der Waals surface area (Å²) >= 11 is 0. The lowest BCUT2D eigenvalue weighted by Gasteiger charge is -2.13. The Labute approximate surface area is 115 Å². The van der Waals surface area contributed by atoms with Gasteiger partial charge in [-0.25, -0.2) is 13.5 Å². The molecule has 1 aromatic heterocycles. The molecule has 0 radical (unpaired) electrons. The van der Waals surface area contributed by atoms with E-state index in [9.17, 15) is 8.78 Å². The van der Waals surface area contributed by atoms with Crippen molar-refractivity contribution in [3.8, 4) is 5.69 Å². The van der Waals surface area contributed by atoms with Crippen LogP contribution >= 0.6 is 0 Å². The molecule has 0 aliphatic heterocycles. The number of rotatable bonds is 5. The second-order valence-electron chi connectivity index (χ2n) is 5.21. The van der Waals surface area contributed by atoms with Crippen LogP contribution in [-0.4, -0.2) is 27.0 Å². The van der Waals surface area contributed by atoms with Crippen molar-refractivity contribution in [1.29, 1.82) is 0 Å². The van der Waals surface area contributed by atoms with Crippen LogP contribution < -0.4 is 5.32 Å². The molecule has 0 bridgehead atoms. The van der Waals surface area contributed by atoms with E-state index in [0.29, 0.717) is 6.54 Å². The van der Waals surface area contributed by atoms with Crippen LogP contribution in [0.25, 0.3) is 5.69 Å². The number of alkyl halides is 2. The largest absolute Gasteiger partial charge is 0.308 e. The lowest BCUT2D eigenvalue weighted by atomic mass is 10.2. The molecule has 2 atom stereocenters. The first-order valence-electron chi connectivity index (χ1n) is 6.64. The molecule has 106 valence electrons. The maximum absolute atomic E-state index is 13.0. The van der Waals surface area contributed by atoms with Crippen LogP contribution in [0.1, 0.15) is 19.0 Å². The zero-order valence-corrected chi connectivity index (χ0v) is 11.1. The number of aromatic nitrogens is 3. The first-order valence-corrected chi connectivity index (χ1v) is 6.64. The number of hydrogen-bond donors (Lipinski definition) is 1. The number of benzene rings is 1. The normalized spacial score (nSPS) is 21.6. The predicted octanol–water partition coefficient (Wildman–Crippen LogP) is 2.40. The SMILES string of the molecule is CC(NCc1cnnn1-c1ccccc1)C1CC1(F)F. The number of halogens is 2. The number of nitrogens with zero attached hydrogens (tertiary/aromatic N) is 3. The molecular formula is C14H16F2N4. The van der Waals surface area contributed by atoms with Gasteiger partial charge in [0.15, 0.2) is 0 Å². The Hall–Kier alpha value is -1.82. The van der Waals surface area contributed by atoms with Crippen molar-refractivity contribution in [3.63, 3.8) is 0 Å². The summed E-state index contributed by atoms with van der Waals surface area (Å²) in [5, 5.41) is 11.1. The number of hydrogen-bond acceptors (Lipinski definition) is 3. The fourth-order valence-corrected chi connectivity index (χ4v) is 2.35. The van der Waals surface area contributed by atoms with Crippen molar-refractivity contribution in [2.24, 2.45) is 5.92 Å². The minimum absolute atomic E-state index is 0.0165. The van der Waals surface area contributed by atoms with Crippen molar-refractivity contribution in [1.82, 2.24) is 20.3 Å². The molecule has 0 saturated heterocycles. The van der Waals surface area contributed by atoms with Crippen LogP contribution in [0.15, 0.2) is 36.5 Å². The van der Waals surface area contributed by atoms with Crippen LogP contribution in [0.5, 0.6) is 0 Å². The summed E-state index contributed by atoms with van der Waals surface area (Å²) in [6.07, 6.45) is 1.63. The summed E-state index contributed by atoms with van der Waals surface area (Å²) in [6, 6.07) is 9.40. The van der Waals surface area contributed by atoms with Gasteiger partial charge in [-0.15, -0.1) is 5.10 Å². The van der Waals surface area contributed by atoms with E-state index in [2.05, 4.69) is 15.6 Å². The lowest BCUT2D eigenvalue weighted by molar-refractivity contribution is 0.0911. The van der Waals surface area contributed by atoms with Gasteiger partial charge in [0.25, 0.3) is 5.92 Å². The molecule has 1 aliphatic carbocycles. The molecule has 1 N–H and O–H groups in total. The second-order valence-corrected chi connectivity index (χ2v) is 5.21. The van der Waals surface area contributed by atoms with Crippen molar-refractivity contribution in [2.45, 2.75) is 31.9 Å². The third kappa shape index (κ3) is 2.56. The van der Waals surface area contributed by atoms with Crippen molar-refractivity contribution in [3.05, 3.63) is 42.2 Å². The van der Waals surface area contributed by atoms with Crippen LogP contribution in [0.2, 0.25) is 0 Å². The van der Waals surface area contributed by atoms with E-state index in [4.69, 9.17) is 0 Å². The van der Waals surface area contributed by atoms with Gasteiger partial charge in [-0.2, -0.15) is 0 Å². The van der Waals surface area contributed by atoms with Crippen LogP contribution in [-0.2, 0) is 6.54 Å². The molecule has 0 spiro atoms. The van der Waals surface area contributed by atoms with E-state index in [1.807, 2.05) is 30.3 Å². The Morgan fingerprint density at radius 1 is 1.40 bits per heavy atom. The zero-order valence-electron chi connectivity index (χ0n) is 11.1. The van der Waals surface area contributed by atoms with E-state index >= 15 is 0 Å². The highest BCUT2D eigenvalue weighted by molar-refractivity contribution is 5.31. The van der Waals surface area contributed by atoms with Crippen molar-refractivity contribution >= 4 is 0 Å². The highest BCUT2D eigenvalue weighted by Gasteiger charge is 2.59. The van der Waals surface area contributed by atoms with E-state index in [0.717, 1.165) is 11.4 Å². The molecule has 1 aliphatic rings. The maximum atomic E-state index is 13.0. The minimum Gasteiger partial charge on any atom is -0.308 e. The van der Waals surface area contributed by atoms with Gasteiger partial charge in [-0.1, -0.05) is 23.4 Å². The fourth-order valence-electron chi connectivity index (χ4n) is 2.35. The molecular weight excluding hydrogens is 262 g/mol. The van der Waals surface area contributed by atoms with Gasteiger partial charge in [0.2, 0.25) is 0 Å². The van der Waals surface area contributed by atoms with Gasteiger partial charge in [0.05, 0.1) is 17.6 Å². The Balaban J connectivity index is 1.66. The third-order valence-corrected chi connectivity index (χ3v) is 3.70. The van der Waals surface area contributed by atoms with Crippen LogP contribution in [0.4, 0.5) is 8.78 Å². The quantitative estimate of drug-likeness (QED) is 0.913. The molecule has 1 fully saturated rings. The van der Waals surface area contributed by atoms with E-state index < -0.39 is 11.8 Å². The molecule has 6 heteroatoms. The molecule has 1 heterocycles. The van der Waals surface area contributed by atoms with Crippen molar-refractivity contribution < 1.29 is 8.78 Å². The highest BCUT2D eigenvalue weighted by Crippen LogP contribution is 2.50. The minimum atomic E-state index is -2.50. The fraction of sp³-hybridized carbons (Fsp3) is 0.429. The second kappa shape index (κ2) is 4.94. The molecule has 4 nitrogen and oxygen atoms in total. The average molecular weight is 278 g/mol. The molecule has 1 aromatic carbocycles. The standard InChI is InChI=1S/C14H16F2N4/c1-10(13-7-14(13,15)16)17-8-12-9-18-19-20(12)11-5-3-2-4-6-11/h2-6,9-10,13,17H,7-8H2,1H3.